The maximum atomic E-state index is 12.4. The summed E-state index contributed by atoms with van der Waals surface area (Å²) in [6, 6.07) is 17.3. The van der Waals surface area contributed by atoms with Crippen molar-refractivity contribution in [2.75, 3.05) is 5.32 Å². The van der Waals surface area contributed by atoms with Crippen molar-refractivity contribution in [3.8, 4) is 0 Å². The Hall–Kier alpha value is -1.69. The Balaban J connectivity index is 0.00000338. The van der Waals surface area contributed by atoms with Gasteiger partial charge < -0.3 is 11.1 Å². The van der Waals surface area contributed by atoms with Gasteiger partial charge in [-0.05, 0) is 36.6 Å². The lowest BCUT2D eigenvalue weighted by molar-refractivity contribution is -0.120. The van der Waals surface area contributed by atoms with E-state index in [1.807, 2.05) is 61.5 Å². The summed E-state index contributed by atoms with van der Waals surface area (Å²) >= 11 is 0. The summed E-state index contributed by atoms with van der Waals surface area (Å²) in [6.07, 6.45) is 1.47. The lowest BCUT2D eigenvalue weighted by Gasteiger charge is -2.23. The molecule has 6 heteroatoms. The number of rotatable bonds is 8. The first-order valence-corrected chi connectivity index (χ1v) is 9.97. The Labute approximate surface area is 164 Å². The molecule has 0 saturated heterocycles. The topological polar surface area (TPSA) is 72.2 Å². The monoisotopic (exact) mass is 394 g/mol. The SMILES string of the molecule is CCCC(C)(N)C(=O)Nc1cccc(CS(=O)Cc2ccccc2)c1.Cl. The van der Waals surface area contributed by atoms with Crippen LogP contribution in [0.4, 0.5) is 5.69 Å². The van der Waals surface area contributed by atoms with Gasteiger partial charge in [0.2, 0.25) is 5.91 Å². The molecule has 2 atom stereocenters. The third-order valence-corrected chi connectivity index (χ3v) is 5.28. The fraction of sp³-hybridized carbons (Fsp3) is 0.350. The molecule has 3 N–H and O–H groups in total. The zero-order valence-electron chi connectivity index (χ0n) is 15.2. The predicted octanol–water partition coefficient (Wildman–Crippen LogP) is 4.01. The Morgan fingerprint density at radius 1 is 1.08 bits per heavy atom. The van der Waals surface area contributed by atoms with E-state index >= 15 is 0 Å². The van der Waals surface area contributed by atoms with Crippen molar-refractivity contribution in [2.45, 2.75) is 43.7 Å². The number of carbonyl (C=O) groups is 1. The first-order valence-electron chi connectivity index (χ1n) is 8.49. The van der Waals surface area contributed by atoms with Gasteiger partial charge in [-0.25, -0.2) is 0 Å². The third-order valence-electron chi connectivity index (χ3n) is 3.97. The molecule has 26 heavy (non-hydrogen) atoms. The quantitative estimate of drug-likeness (QED) is 0.710. The van der Waals surface area contributed by atoms with Crippen LogP contribution in [0.2, 0.25) is 0 Å². The van der Waals surface area contributed by atoms with Crippen LogP contribution in [0.15, 0.2) is 54.6 Å². The van der Waals surface area contributed by atoms with Crippen molar-refractivity contribution in [1.29, 1.82) is 0 Å². The fourth-order valence-corrected chi connectivity index (χ4v) is 3.86. The molecule has 0 aliphatic heterocycles. The van der Waals surface area contributed by atoms with Crippen molar-refractivity contribution in [2.24, 2.45) is 5.73 Å². The molecule has 0 fully saturated rings. The van der Waals surface area contributed by atoms with Crippen molar-refractivity contribution in [1.82, 2.24) is 0 Å². The van der Waals surface area contributed by atoms with E-state index in [-0.39, 0.29) is 18.3 Å². The summed E-state index contributed by atoms with van der Waals surface area (Å²) in [5.74, 6) is 0.777. The normalized spacial score (nSPS) is 14.0. The second-order valence-corrected chi connectivity index (χ2v) is 7.99. The Bertz CT molecular complexity index is 736. The van der Waals surface area contributed by atoms with Crippen LogP contribution in [-0.4, -0.2) is 15.7 Å². The van der Waals surface area contributed by atoms with Crippen LogP contribution in [0.1, 0.15) is 37.8 Å². The number of anilines is 1. The molecule has 2 unspecified atom stereocenters. The van der Waals surface area contributed by atoms with Crippen LogP contribution >= 0.6 is 12.4 Å². The number of benzene rings is 2. The van der Waals surface area contributed by atoms with E-state index in [2.05, 4.69) is 5.32 Å². The summed E-state index contributed by atoms with van der Waals surface area (Å²) in [5.41, 5.74) is 7.85. The maximum Gasteiger partial charge on any atom is 0.244 e. The van der Waals surface area contributed by atoms with Crippen LogP contribution in [0, 0.1) is 0 Å². The molecule has 0 aromatic heterocycles. The van der Waals surface area contributed by atoms with Gasteiger partial charge in [-0.3, -0.25) is 9.00 Å². The van der Waals surface area contributed by atoms with Gasteiger partial charge in [-0.2, -0.15) is 0 Å². The average molecular weight is 395 g/mol. The molecule has 0 aliphatic rings. The molecule has 0 radical (unpaired) electrons. The molecule has 0 spiro atoms. The van der Waals surface area contributed by atoms with Gasteiger partial charge in [0.15, 0.2) is 0 Å². The number of carbonyl (C=O) groups excluding carboxylic acids is 1. The van der Waals surface area contributed by atoms with Crippen LogP contribution in [0.3, 0.4) is 0 Å². The molecule has 1 amide bonds. The summed E-state index contributed by atoms with van der Waals surface area (Å²) in [5, 5.41) is 2.87. The van der Waals surface area contributed by atoms with Crippen molar-refractivity contribution in [3.63, 3.8) is 0 Å². The first kappa shape index (κ1) is 22.4. The van der Waals surface area contributed by atoms with Crippen LogP contribution in [-0.2, 0) is 27.1 Å². The average Bonchev–Trinajstić information content (AvgIpc) is 2.56. The second-order valence-electron chi connectivity index (χ2n) is 6.54. The standard InChI is InChI=1S/C20H26N2O2S.ClH/c1-3-12-20(2,21)19(23)22-18-11-7-10-17(13-18)15-25(24)14-16-8-5-4-6-9-16;/h4-11,13H,3,12,14-15,21H2,1-2H3,(H,22,23);1H. The van der Waals surface area contributed by atoms with Gasteiger partial charge in [0, 0.05) is 28.0 Å². The molecule has 142 valence electrons. The first-order chi connectivity index (χ1) is 11.9. The second kappa shape index (κ2) is 10.5. The van der Waals surface area contributed by atoms with Gasteiger partial charge in [0.05, 0.1) is 5.54 Å². The van der Waals surface area contributed by atoms with Gasteiger partial charge in [-0.15, -0.1) is 12.4 Å². The van der Waals surface area contributed by atoms with E-state index < -0.39 is 16.3 Å². The molecule has 0 heterocycles. The summed E-state index contributed by atoms with van der Waals surface area (Å²) in [6.45, 7) is 3.74. The molecule has 2 aromatic rings. The molecule has 0 bridgehead atoms. The Morgan fingerprint density at radius 2 is 1.69 bits per heavy atom. The highest BCUT2D eigenvalue weighted by Crippen LogP contribution is 2.17. The van der Waals surface area contributed by atoms with Gasteiger partial charge in [-0.1, -0.05) is 55.8 Å². The highest BCUT2D eigenvalue weighted by Gasteiger charge is 2.27. The van der Waals surface area contributed by atoms with E-state index in [0.717, 1.165) is 17.5 Å². The number of amides is 1. The molecule has 2 rings (SSSR count). The largest absolute Gasteiger partial charge is 0.324 e. The minimum Gasteiger partial charge on any atom is -0.324 e. The van der Waals surface area contributed by atoms with Crippen LogP contribution in [0.25, 0.3) is 0 Å². The molecule has 0 aliphatic carbocycles. The summed E-state index contributed by atoms with van der Waals surface area (Å²) in [4.78, 5) is 12.3. The highest BCUT2D eigenvalue weighted by atomic mass is 35.5. The van der Waals surface area contributed by atoms with Crippen molar-refractivity contribution in [3.05, 3.63) is 65.7 Å². The van der Waals surface area contributed by atoms with Gasteiger partial charge >= 0.3 is 0 Å². The predicted molar refractivity (Wildman–Crippen MR) is 112 cm³/mol. The Morgan fingerprint density at radius 3 is 2.35 bits per heavy atom. The van der Waals surface area contributed by atoms with E-state index in [1.165, 1.54) is 0 Å². The lowest BCUT2D eigenvalue weighted by atomic mass is 9.96. The van der Waals surface area contributed by atoms with Gasteiger partial charge in [0.1, 0.15) is 0 Å². The van der Waals surface area contributed by atoms with E-state index in [1.54, 1.807) is 6.92 Å². The van der Waals surface area contributed by atoms with E-state index in [9.17, 15) is 9.00 Å². The number of halogens is 1. The van der Waals surface area contributed by atoms with Crippen LogP contribution < -0.4 is 11.1 Å². The molecule has 4 nitrogen and oxygen atoms in total. The Kier molecular flexibility index (Phi) is 8.99. The number of nitrogens with one attached hydrogen (secondary N) is 1. The molecular weight excluding hydrogens is 368 g/mol. The summed E-state index contributed by atoms with van der Waals surface area (Å²) in [7, 11) is -1.00. The van der Waals surface area contributed by atoms with Gasteiger partial charge in [0.25, 0.3) is 0 Å². The van der Waals surface area contributed by atoms with Crippen molar-refractivity contribution >= 4 is 34.8 Å². The lowest BCUT2D eigenvalue weighted by Crippen LogP contribution is -2.48. The number of hydrogen-bond acceptors (Lipinski definition) is 3. The zero-order chi connectivity index (χ0) is 18.3. The fourth-order valence-electron chi connectivity index (χ4n) is 2.64. The maximum absolute atomic E-state index is 12.4. The zero-order valence-corrected chi connectivity index (χ0v) is 16.9. The molecular formula is C20H27ClN2O2S. The van der Waals surface area contributed by atoms with E-state index in [4.69, 9.17) is 5.73 Å². The minimum atomic E-state index is -1.00. The summed E-state index contributed by atoms with van der Waals surface area (Å²) < 4.78 is 12.4. The number of hydrogen-bond donors (Lipinski definition) is 2. The highest BCUT2D eigenvalue weighted by molar-refractivity contribution is 7.83. The minimum absolute atomic E-state index is 0. The number of nitrogens with two attached hydrogens (primary N) is 1. The van der Waals surface area contributed by atoms with E-state index in [0.29, 0.717) is 23.6 Å². The molecule has 2 aromatic carbocycles. The van der Waals surface area contributed by atoms with Crippen LogP contribution in [0.5, 0.6) is 0 Å². The smallest absolute Gasteiger partial charge is 0.244 e. The van der Waals surface area contributed by atoms with Crippen molar-refractivity contribution < 1.29 is 9.00 Å². The molecule has 0 saturated carbocycles. The third kappa shape index (κ3) is 6.90.